The van der Waals surface area contributed by atoms with Crippen molar-refractivity contribution in [2.45, 2.75) is 26.7 Å². The maximum Gasteiger partial charge on any atom is 0.117 e. The first-order valence-corrected chi connectivity index (χ1v) is 5.72. The third-order valence-electron chi connectivity index (χ3n) is 2.27. The quantitative estimate of drug-likeness (QED) is 0.403. The minimum atomic E-state index is 0.700. The lowest BCUT2D eigenvalue weighted by Crippen LogP contribution is -1.85. The van der Waals surface area contributed by atoms with Gasteiger partial charge in [0.25, 0.3) is 0 Å². The number of hydrogen-bond acceptors (Lipinski definition) is 2. The molecule has 0 heterocycles. The Morgan fingerprint density at radius 3 is 2.88 bits per heavy atom. The molecular weight excluding hydrogens is 198 g/mol. The summed E-state index contributed by atoms with van der Waals surface area (Å²) >= 11 is 0. The molecule has 0 amide bonds. The molecule has 86 valence electrons. The second-order valence-electron chi connectivity index (χ2n) is 3.66. The van der Waals surface area contributed by atoms with Crippen LogP contribution in [-0.2, 0) is 4.84 Å². The fraction of sp³-hybridized carbons (Fsp3) is 0.357. The van der Waals surface area contributed by atoms with Gasteiger partial charge in [-0.15, -0.1) is 0 Å². The van der Waals surface area contributed by atoms with Crippen LogP contribution in [0.2, 0.25) is 0 Å². The van der Waals surface area contributed by atoms with E-state index in [0.717, 1.165) is 12.8 Å². The summed E-state index contributed by atoms with van der Waals surface area (Å²) in [5.74, 6) is 0. The Kier molecular flexibility index (Phi) is 6.00. The molecular formula is C14H19NO. The van der Waals surface area contributed by atoms with Crippen LogP contribution >= 0.6 is 0 Å². The molecule has 1 rings (SSSR count). The molecule has 0 spiro atoms. The molecule has 2 heteroatoms. The number of aryl methyl sites for hydroxylation is 1. The zero-order valence-electron chi connectivity index (χ0n) is 10.0. The molecule has 0 atom stereocenters. The predicted octanol–water partition coefficient (Wildman–Crippen LogP) is 3.81. The normalized spacial score (nSPS) is 11.4. The van der Waals surface area contributed by atoms with E-state index in [1.807, 2.05) is 24.3 Å². The van der Waals surface area contributed by atoms with Crippen molar-refractivity contribution >= 4 is 12.3 Å². The van der Waals surface area contributed by atoms with Gasteiger partial charge in [0.05, 0.1) is 6.21 Å². The highest BCUT2D eigenvalue weighted by Gasteiger charge is 1.89. The Morgan fingerprint density at radius 2 is 2.12 bits per heavy atom. The lowest BCUT2D eigenvalue weighted by Gasteiger charge is -1.97. The highest BCUT2D eigenvalue weighted by atomic mass is 16.6. The molecule has 0 saturated carbocycles. The van der Waals surface area contributed by atoms with E-state index in [9.17, 15) is 0 Å². The lowest BCUT2D eigenvalue weighted by molar-refractivity contribution is 0.143. The number of benzene rings is 1. The summed E-state index contributed by atoms with van der Waals surface area (Å²) in [4.78, 5) is 5.06. The number of oxime groups is 1. The molecule has 2 nitrogen and oxygen atoms in total. The first-order valence-electron chi connectivity index (χ1n) is 5.72. The minimum absolute atomic E-state index is 0.700. The van der Waals surface area contributed by atoms with Crippen LogP contribution in [0.25, 0.3) is 6.08 Å². The van der Waals surface area contributed by atoms with Crippen molar-refractivity contribution in [3.63, 3.8) is 0 Å². The van der Waals surface area contributed by atoms with Crippen LogP contribution in [0.1, 0.15) is 30.9 Å². The summed E-state index contributed by atoms with van der Waals surface area (Å²) in [6, 6.07) is 8.24. The molecule has 0 aliphatic rings. The summed E-state index contributed by atoms with van der Waals surface area (Å²) in [6.07, 6.45) is 7.80. The molecule has 0 unspecified atom stereocenters. The van der Waals surface area contributed by atoms with Gasteiger partial charge in [-0.05, 0) is 30.5 Å². The minimum Gasteiger partial charge on any atom is -0.396 e. The Bertz CT molecular complexity index is 356. The van der Waals surface area contributed by atoms with Crippen LogP contribution in [0.5, 0.6) is 0 Å². The number of unbranched alkanes of at least 4 members (excludes halogenated alkanes) is 1. The lowest BCUT2D eigenvalue weighted by atomic mass is 10.1. The number of rotatable bonds is 6. The zero-order chi connectivity index (χ0) is 11.6. The highest BCUT2D eigenvalue weighted by Crippen LogP contribution is 2.07. The highest BCUT2D eigenvalue weighted by molar-refractivity contribution is 5.78. The van der Waals surface area contributed by atoms with Gasteiger partial charge >= 0.3 is 0 Å². The number of allylic oxidation sites excluding steroid dienone is 1. The zero-order valence-corrected chi connectivity index (χ0v) is 10.0. The topological polar surface area (TPSA) is 21.6 Å². The first-order chi connectivity index (χ1) is 7.84. The van der Waals surface area contributed by atoms with Crippen molar-refractivity contribution in [2.75, 3.05) is 6.61 Å². The largest absolute Gasteiger partial charge is 0.396 e. The van der Waals surface area contributed by atoms with Crippen LogP contribution < -0.4 is 0 Å². The maximum absolute atomic E-state index is 5.06. The van der Waals surface area contributed by atoms with Gasteiger partial charge in [0.2, 0.25) is 0 Å². The van der Waals surface area contributed by atoms with Gasteiger partial charge in [-0.1, -0.05) is 48.8 Å². The van der Waals surface area contributed by atoms with Crippen molar-refractivity contribution < 1.29 is 4.84 Å². The SMILES string of the molecule is CCCCO/N=C/C=C\c1ccccc1C. The maximum atomic E-state index is 5.06. The van der Waals surface area contributed by atoms with Gasteiger partial charge < -0.3 is 4.84 Å². The third kappa shape index (κ3) is 4.78. The van der Waals surface area contributed by atoms with Crippen LogP contribution in [-0.4, -0.2) is 12.8 Å². The molecule has 1 aromatic rings. The van der Waals surface area contributed by atoms with Gasteiger partial charge in [0, 0.05) is 0 Å². The van der Waals surface area contributed by atoms with Crippen molar-refractivity contribution in [1.29, 1.82) is 0 Å². The monoisotopic (exact) mass is 217 g/mol. The van der Waals surface area contributed by atoms with Gasteiger partial charge in [-0.2, -0.15) is 0 Å². The Balaban J connectivity index is 2.34. The summed E-state index contributed by atoms with van der Waals surface area (Å²) < 4.78 is 0. The number of nitrogens with zero attached hydrogens (tertiary/aromatic N) is 1. The van der Waals surface area contributed by atoms with E-state index in [0.29, 0.717) is 6.61 Å². The molecule has 0 saturated heterocycles. The second kappa shape index (κ2) is 7.69. The van der Waals surface area contributed by atoms with E-state index in [-0.39, 0.29) is 0 Å². The molecule has 0 aliphatic heterocycles. The van der Waals surface area contributed by atoms with Crippen molar-refractivity contribution in [3.8, 4) is 0 Å². The predicted molar refractivity (Wildman–Crippen MR) is 69.6 cm³/mol. The molecule has 16 heavy (non-hydrogen) atoms. The van der Waals surface area contributed by atoms with Crippen LogP contribution in [0.3, 0.4) is 0 Å². The Morgan fingerprint density at radius 1 is 1.31 bits per heavy atom. The summed E-state index contributed by atoms with van der Waals surface area (Å²) in [5.41, 5.74) is 2.47. The molecule has 0 bridgehead atoms. The molecule has 0 aliphatic carbocycles. The van der Waals surface area contributed by atoms with Gasteiger partial charge in [0.15, 0.2) is 0 Å². The molecule has 1 aromatic carbocycles. The van der Waals surface area contributed by atoms with E-state index >= 15 is 0 Å². The Hall–Kier alpha value is -1.57. The molecule has 0 fully saturated rings. The first kappa shape index (κ1) is 12.5. The van der Waals surface area contributed by atoms with Gasteiger partial charge in [-0.25, -0.2) is 0 Å². The second-order valence-corrected chi connectivity index (χ2v) is 3.66. The van der Waals surface area contributed by atoms with E-state index in [1.165, 1.54) is 11.1 Å². The van der Waals surface area contributed by atoms with Crippen molar-refractivity contribution in [3.05, 3.63) is 41.5 Å². The standard InChI is InChI=1S/C14H19NO/c1-3-4-12-16-15-11-7-10-14-9-6-5-8-13(14)2/h5-11H,3-4,12H2,1-2H3/b10-7-,15-11+. The smallest absolute Gasteiger partial charge is 0.117 e. The van der Waals surface area contributed by atoms with Gasteiger partial charge in [-0.3, -0.25) is 0 Å². The fourth-order valence-corrected chi connectivity index (χ4v) is 1.26. The van der Waals surface area contributed by atoms with Gasteiger partial charge in [0.1, 0.15) is 6.61 Å². The molecule has 0 radical (unpaired) electrons. The third-order valence-corrected chi connectivity index (χ3v) is 2.27. The van der Waals surface area contributed by atoms with E-state index in [2.05, 4.69) is 31.1 Å². The number of hydrogen-bond donors (Lipinski definition) is 0. The van der Waals surface area contributed by atoms with Crippen LogP contribution in [0.4, 0.5) is 0 Å². The summed E-state index contributed by atoms with van der Waals surface area (Å²) in [7, 11) is 0. The van der Waals surface area contributed by atoms with Crippen LogP contribution in [0, 0.1) is 6.92 Å². The van der Waals surface area contributed by atoms with Crippen LogP contribution in [0.15, 0.2) is 35.5 Å². The molecule has 0 N–H and O–H groups in total. The van der Waals surface area contributed by atoms with Crippen molar-refractivity contribution in [1.82, 2.24) is 0 Å². The van der Waals surface area contributed by atoms with Crippen molar-refractivity contribution in [2.24, 2.45) is 5.16 Å². The average Bonchev–Trinajstić information content (AvgIpc) is 2.30. The summed E-state index contributed by atoms with van der Waals surface area (Å²) in [6.45, 7) is 4.92. The fourth-order valence-electron chi connectivity index (χ4n) is 1.26. The molecule has 0 aromatic heterocycles. The van der Waals surface area contributed by atoms with E-state index in [1.54, 1.807) is 6.21 Å². The average molecular weight is 217 g/mol. The summed E-state index contributed by atoms with van der Waals surface area (Å²) in [5, 5.41) is 3.84. The Labute approximate surface area is 97.6 Å². The van der Waals surface area contributed by atoms with E-state index in [4.69, 9.17) is 4.84 Å². The van der Waals surface area contributed by atoms with E-state index < -0.39 is 0 Å².